The van der Waals surface area contributed by atoms with Crippen molar-refractivity contribution < 1.29 is 0 Å². The summed E-state index contributed by atoms with van der Waals surface area (Å²) in [5.41, 5.74) is 4.04. The summed E-state index contributed by atoms with van der Waals surface area (Å²) in [5.74, 6) is 12.7. The summed E-state index contributed by atoms with van der Waals surface area (Å²) in [6.45, 7) is 0. The monoisotopic (exact) mass is 530 g/mol. The van der Waals surface area contributed by atoms with Crippen LogP contribution >= 0.6 is 45.2 Å². The highest BCUT2D eigenvalue weighted by Gasteiger charge is 1.91. The summed E-state index contributed by atoms with van der Waals surface area (Å²) in [6.07, 6.45) is 0. The van der Waals surface area contributed by atoms with Crippen LogP contribution in [0.15, 0.2) is 72.8 Å². The lowest BCUT2D eigenvalue weighted by molar-refractivity contribution is 1.57. The molecular weight excluding hydrogens is 518 g/mol. The largest absolute Gasteiger partial charge is 0.0617 e. The molecule has 0 heterocycles. The maximum atomic E-state index is 3.19. The lowest BCUT2D eigenvalue weighted by Gasteiger charge is -1.94. The van der Waals surface area contributed by atoms with Crippen LogP contribution in [0.4, 0.5) is 0 Å². The van der Waals surface area contributed by atoms with E-state index in [4.69, 9.17) is 0 Å². The van der Waals surface area contributed by atoms with E-state index in [0.717, 1.165) is 22.3 Å². The third-order valence-electron chi connectivity index (χ3n) is 3.28. The standard InChI is InChI=1S/C22H12I2/c23-21-13-9-19(10-14-21)7-5-17-1-2-18(4-3-17)6-8-20-11-15-22(24)16-12-20/h1-4,9-16H. The molecule has 3 rings (SSSR count). The molecule has 0 aromatic heterocycles. The highest BCUT2D eigenvalue weighted by atomic mass is 127. The van der Waals surface area contributed by atoms with Gasteiger partial charge in [0.25, 0.3) is 0 Å². The molecule has 0 spiro atoms. The predicted molar refractivity (Wildman–Crippen MR) is 117 cm³/mol. The lowest BCUT2D eigenvalue weighted by Crippen LogP contribution is -1.79. The van der Waals surface area contributed by atoms with Crippen LogP contribution in [0, 0.1) is 30.8 Å². The Morgan fingerprint density at radius 3 is 0.833 bits per heavy atom. The minimum absolute atomic E-state index is 0.994. The first-order valence-corrected chi connectivity index (χ1v) is 9.50. The van der Waals surface area contributed by atoms with Crippen LogP contribution in [0.3, 0.4) is 0 Å². The maximum Gasteiger partial charge on any atom is 0.0249 e. The Bertz CT molecular complexity index is 861. The van der Waals surface area contributed by atoms with Crippen LogP contribution in [0.5, 0.6) is 0 Å². The van der Waals surface area contributed by atoms with E-state index < -0.39 is 0 Å². The van der Waals surface area contributed by atoms with Gasteiger partial charge in [0.05, 0.1) is 0 Å². The highest BCUT2D eigenvalue weighted by Crippen LogP contribution is 2.08. The SMILES string of the molecule is Ic1ccc(C#Cc2ccc(C#Cc3ccc(I)cc3)cc2)cc1. The third kappa shape index (κ3) is 5.12. The second-order valence-corrected chi connectivity index (χ2v) is 7.58. The van der Waals surface area contributed by atoms with Gasteiger partial charge in [-0.15, -0.1) is 0 Å². The number of hydrogen-bond donors (Lipinski definition) is 0. The molecular formula is C22H12I2. The molecule has 0 atom stereocenters. The third-order valence-corrected chi connectivity index (χ3v) is 4.71. The smallest absolute Gasteiger partial charge is 0.0249 e. The molecule has 24 heavy (non-hydrogen) atoms. The minimum atomic E-state index is 0.994. The Labute approximate surface area is 170 Å². The molecule has 114 valence electrons. The van der Waals surface area contributed by atoms with Gasteiger partial charge in [-0.3, -0.25) is 0 Å². The van der Waals surface area contributed by atoms with Crippen molar-refractivity contribution in [3.05, 3.63) is 102 Å². The van der Waals surface area contributed by atoms with Crippen molar-refractivity contribution in [3.63, 3.8) is 0 Å². The molecule has 0 amide bonds. The van der Waals surface area contributed by atoms with Gasteiger partial charge in [-0.05, 0) is 118 Å². The van der Waals surface area contributed by atoms with Gasteiger partial charge in [0.2, 0.25) is 0 Å². The van der Waals surface area contributed by atoms with Crippen molar-refractivity contribution in [1.29, 1.82) is 0 Å². The Kier molecular flexibility index (Phi) is 5.96. The zero-order valence-electron chi connectivity index (χ0n) is 12.7. The van der Waals surface area contributed by atoms with Crippen molar-refractivity contribution >= 4 is 45.2 Å². The zero-order valence-corrected chi connectivity index (χ0v) is 17.0. The topological polar surface area (TPSA) is 0 Å². The van der Waals surface area contributed by atoms with Crippen LogP contribution in [-0.4, -0.2) is 0 Å². The average molecular weight is 530 g/mol. The fourth-order valence-corrected chi connectivity index (χ4v) is 2.71. The zero-order chi connectivity index (χ0) is 16.8. The lowest BCUT2D eigenvalue weighted by atomic mass is 10.1. The Hall–Kier alpha value is -1.76. The van der Waals surface area contributed by atoms with Crippen LogP contribution in [-0.2, 0) is 0 Å². The van der Waals surface area contributed by atoms with E-state index in [1.807, 2.05) is 48.5 Å². The molecule has 0 nitrogen and oxygen atoms in total. The van der Waals surface area contributed by atoms with Crippen LogP contribution in [0.2, 0.25) is 0 Å². The summed E-state index contributed by atoms with van der Waals surface area (Å²) in [5, 5.41) is 0. The highest BCUT2D eigenvalue weighted by molar-refractivity contribution is 14.1. The van der Waals surface area contributed by atoms with Gasteiger partial charge in [-0.2, -0.15) is 0 Å². The molecule has 0 fully saturated rings. The summed E-state index contributed by atoms with van der Waals surface area (Å²) >= 11 is 4.58. The molecule has 0 aliphatic rings. The van der Waals surface area contributed by atoms with Crippen LogP contribution < -0.4 is 0 Å². The van der Waals surface area contributed by atoms with E-state index in [0.29, 0.717) is 0 Å². The Balaban J connectivity index is 1.72. The molecule has 0 bridgehead atoms. The second-order valence-electron chi connectivity index (χ2n) is 5.09. The van der Waals surface area contributed by atoms with Crippen LogP contribution in [0.1, 0.15) is 22.3 Å². The van der Waals surface area contributed by atoms with Crippen molar-refractivity contribution in [2.24, 2.45) is 0 Å². The average Bonchev–Trinajstić information content (AvgIpc) is 2.62. The van der Waals surface area contributed by atoms with Gasteiger partial charge in [0.15, 0.2) is 0 Å². The summed E-state index contributed by atoms with van der Waals surface area (Å²) in [4.78, 5) is 0. The molecule has 3 aromatic carbocycles. The summed E-state index contributed by atoms with van der Waals surface area (Å²) in [6, 6.07) is 24.4. The summed E-state index contributed by atoms with van der Waals surface area (Å²) in [7, 11) is 0. The van der Waals surface area contributed by atoms with Gasteiger partial charge in [-0.25, -0.2) is 0 Å². The number of rotatable bonds is 0. The van der Waals surface area contributed by atoms with E-state index in [1.165, 1.54) is 7.14 Å². The van der Waals surface area contributed by atoms with E-state index in [-0.39, 0.29) is 0 Å². The van der Waals surface area contributed by atoms with Gasteiger partial charge < -0.3 is 0 Å². The molecule has 0 saturated carbocycles. The fourth-order valence-electron chi connectivity index (χ4n) is 1.99. The molecule has 0 aliphatic heterocycles. The van der Waals surface area contributed by atoms with Crippen molar-refractivity contribution in [2.75, 3.05) is 0 Å². The normalized spacial score (nSPS) is 9.42. The van der Waals surface area contributed by atoms with Crippen molar-refractivity contribution in [3.8, 4) is 23.7 Å². The van der Waals surface area contributed by atoms with Crippen molar-refractivity contribution in [1.82, 2.24) is 0 Å². The Morgan fingerprint density at radius 1 is 0.375 bits per heavy atom. The van der Waals surface area contributed by atoms with E-state index in [1.54, 1.807) is 0 Å². The molecule has 0 unspecified atom stereocenters. The van der Waals surface area contributed by atoms with E-state index >= 15 is 0 Å². The fraction of sp³-hybridized carbons (Fsp3) is 0. The quantitative estimate of drug-likeness (QED) is 0.259. The molecule has 0 saturated heterocycles. The van der Waals surface area contributed by atoms with Crippen LogP contribution in [0.25, 0.3) is 0 Å². The summed E-state index contributed by atoms with van der Waals surface area (Å²) < 4.78 is 2.43. The van der Waals surface area contributed by atoms with Gasteiger partial charge >= 0.3 is 0 Å². The first-order valence-electron chi connectivity index (χ1n) is 7.34. The van der Waals surface area contributed by atoms with E-state index in [9.17, 15) is 0 Å². The minimum Gasteiger partial charge on any atom is -0.0617 e. The number of hydrogen-bond acceptors (Lipinski definition) is 0. The number of halogens is 2. The van der Waals surface area contributed by atoms with Crippen molar-refractivity contribution in [2.45, 2.75) is 0 Å². The molecule has 0 aliphatic carbocycles. The molecule has 0 radical (unpaired) electrons. The first kappa shape index (κ1) is 17.1. The molecule has 3 aromatic rings. The first-order chi connectivity index (χ1) is 11.7. The van der Waals surface area contributed by atoms with Gasteiger partial charge in [-0.1, -0.05) is 23.7 Å². The van der Waals surface area contributed by atoms with Gasteiger partial charge in [0.1, 0.15) is 0 Å². The van der Waals surface area contributed by atoms with Gasteiger partial charge in [0, 0.05) is 29.4 Å². The van der Waals surface area contributed by atoms with E-state index in [2.05, 4.69) is 93.1 Å². The molecule has 0 N–H and O–H groups in total. The maximum absolute atomic E-state index is 3.19. The second kappa shape index (κ2) is 8.37. The number of benzene rings is 3. The predicted octanol–water partition coefficient (Wildman–Crippen LogP) is 5.70. The molecule has 2 heteroatoms. The Morgan fingerprint density at radius 2 is 0.583 bits per heavy atom.